The van der Waals surface area contributed by atoms with Crippen molar-refractivity contribution < 1.29 is 0 Å². The zero-order valence-corrected chi connectivity index (χ0v) is 9.04. The van der Waals surface area contributed by atoms with Gasteiger partial charge in [0, 0.05) is 5.88 Å². The van der Waals surface area contributed by atoms with Gasteiger partial charge >= 0.3 is 0 Å². The second kappa shape index (κ2) is 5.39. The highest BCUT2D eigenvalue weighted by Gasteiger charge is 2.31. The number of hydrogen-bond acceptors (Lipinski definition) is 2. The van der Waals surface area contributed by atoms with Crippen LogP contribution in [0.5, 0.6) is 0 Å². The lowest BCUT2D eigenvalue weighted by molar-refractivity contribution is 0.616. The van der Waals surface area contributed by atoms with Crippen LogP contribution in [0.25, 0.3) is 0 Å². The Hall–Kier alpha value is -1.51. The summed E-state index contributed by atoms with van der Waals surface area (Å²) in [6.45, 7) is 0. The van der Waals surface area contributed by atoms with E-state index in [1.54, 1.807) is 12.1 Å². The molecule has 0 amide bonds. The first kappa shape index (κ1) is 11.6. The van der Waals surface area contributed by atoms with Crippen molar-refractivity contribution in [1.82, 2.24) is 0 Å². The predicted molar refractivity (Wildman–Crippen MR) is 59.3 cm³/mol. The maximum Gasteiger partial charge on any atom is 0.168 e. The molecule has 0 aliphatic carbocycles. The van der Waals surface area contributed by atoms with Crippen molar-refractivity contribution in [2.24, 2.45) is 0 Å². The van der Waals surface area contributed by atoms with Gasteiger partial charge in [0.05, 0.1) is 12.1 Å². The van der Waals surface area contributed by atoms with Gasteiger partial charge in [-0.25, -0.2) is 0 Å². The second-order valence-corrected chi connectivity index (χ2v) is 3.67. The van der Waals surface area contributed by atoms with Crippen molar-refractivity contribution >= 4 is 11.6 Å². The van der Waals surface area contributed by atoms with Crippen LogP contribution in [0.3, 0.4) is 0 Å². The lowest BCUT2D eigenvalue weighted by Crippen LogP contribution is -2.21. The maximum absolute atomic E-state index is 9.14. The molecular weight excluding hydrogens is 208 g/mol. The summed E-state index contributed by atoms with van der Waals surface area (Å²) >= 11 is 5.59. The van der Waals surface area contributed by atoms with Gasteiger partial charge < -0.3 is 0 Å². The van der Waals surface area contributed by atoms with Crippen LogP contribution in [-0.4, -0.2) is 5.88 Å². The van der Waals surface area contributed by atoms with E-state index in [-0.39, 0.29) is 0 Å². The average molecular weight is 219 g/mol. The van der Waals surface area contributed by atoms with Crippen LogP contribution in [-0.2, 0) is 5.41 Å². The van der Waals surface area contributed by atoms with Crippen LogP contribution < -0.4 is 0 Å². The number of alkyl halides is 1. The third kappa shape index (κ3) is 2.49. The minimum atomic E-state index is -1.05. The molecule has 3 heteroatoms. The molecule has 0 bridgehead atoms. The van der Waals surface area contributed by atoms with Crippen LogP contribution >= 0.6 is 11.6 Å². The molecular formula is C12H11ClN2. The Labute approximate surface area is 94.7 Å². The molecule has 1 rings (SSSR count). The van der Waals surface area contributed by atoms with Gasteiger partial charge in [-0.2, -0.15) is 10.5 Å². The van der Waals surface area contributed by atoms with Crippen molar-refractivity contribution in [3.63, 3.8) is 0 Å². The Morgan fingerprint density at radius 2 is 1.73 bits per heavy atom. The quantitative estimate of drug-likeness (QED) is 0.730. The van der Waals surface area contributed by atoms with E-state index < -0.39 is 5.41 Å². The fourth-order valence-corrected chi connectivity index (χ4v) is 1.60. The smallest absolute Gasteiger partial charge is 0.168 e. The summed E-state index contributed by atoms with van der Waals surface area (Å²) in [6, 6.07) is 13.3. The number of hydrogen-bond donors (Lipinski definition) is 0. The van der Waals surface area contributed by atoms with Gasteiger partial charge in [0.25, 0.3) is 0 Å². The van der Waals surface area contributed by atoms with Gasteiger partial charge in [0.15, 0.2) is 5.41 Å². The van der Waals surface area contributed by atoms with Crippen LogP contribution in [0.2, 0.25) is 0 Å². The molecule has 0 unspecified atom stereocenters. The summed E-state index contributed by atoms with van der Waals surface area (Å²) in [4.78, 5) is 0. The van der Waals surface area contributed by atoms with Crippen LogP contribution in [0, 0.1) is 22.7 Å². The van der Waals surface area contributed by atoms with Crippen molar-refractivity contribution in [2.75, 3.05) is 5.88 Å². The van der Waals surface area contributed by atoms with E-state index in [9.17, 15) is 0 Å². The maximum atomic E-state index is 9.14. The fraction of sp³-hybridized carbons (Fsp3) is 0.333. The van der Waals surface area contributed by atoms with Crippen LogP contribution in [0.1, 0.15) is 18.4 Å². The van der Waals surface area contributed by atoms with E-state index in [1.165, 1.54) is 0 Å². The first-order chi connectivity index (χ1) is 7.29. The summed E-state index contributed by atoms with van der Waals surface area (Å²) in [6.07, 6.45) is 1.14. The van der Waals surface area contributed by atoms with Crippen LogP contribution in [0.15, 0.2) is 30.3 Å². The number of benzene rings is 1. The second-order valence-electron chi connectivity index (χ2n) is 3.29. The SMILES string of the molecule is N#CC(C#N)(CCCCl)c1ccccc1. The lowest BCUT2D eigenvalue weighted by atomic mass is 9.79. The molecule has 0 N–H and O–H groups in total. The predicted octanol–water partition coefficient (Wildman–Crippen LogP) is 2.99. The molecule has 0 spiro atoms. The zero-order valence-electron chi connectivity index (χ0n) is 8.28. The highest BCUT2D eigenvalue weighted by atomic mass is 35.5. The largest absolute Gasteiger partial charge is 0.196 e. The molecule has 0 heterocycles. The number of nitriles is 2. The molecule has 1 aromatic carbocycles. The molecule has 0 saturated carbocycles. The van der Waals surface area contributed by atoms with E-state index in [0.717, 1.165) is 5.56 Å². The molecule has 0 atom stereocenters. The lowest BCUT2D eigenvalue weighted by Gasteiger charge is -2.18. The van der Waals surface area contributed by atoms with Gasteiger partial charge in [-0.3, -0.25) is 0 Å². The van der Waals surface area contributed by atoms with Gasteiger partial charge in [-0.05, 0) is 18.4 Å². The molecule has 76 valence electrons. The Morgan fingerprint density at radius 3 is 2.20 bits per heavy atom. The van der Waals surface area contributed by atoms with Gasteiger partial charge in [-0.1, -0.05) is 30.3 Å². The monoisotopic (exact) mass is 218 g/mol. The fourth-order valence-electron chi connectivity index (χ4n) is 1.46. The van der Waals surface area contributed by atoms with Gasteiger partial charge in [0.2, 0.25) is 0 Å². The first-order valence-electron chi connectivity index (χ1n) is 4.73. The van der Waals surface area contributed by atoms with E-state index in [2.05, 4.69) is 12.1 Å². The molecule has 2 nitrogen and oxygen atoms in total. The summed E-state index contributed by atoms with van der Waals surface area (Å²) in [7, 11) is 0. The normalized spacial score (nSPS) is 10.3. The molecule has 1 aromatic rings. The van der Waals surface area contributed by atoms with Crippen molar-refractivity contribution in [3.05, 3.63) is 35.9 Å². The number of halogens is 1. The molecule has 0 radical (unpaired) electrons. The summed E-state index contributed by atoms with van der Waals surface area (Å²) in [5.74, 6) is 0.470. The molecule has 0 saturated heterocycles. The zero-order chi connectivity index (χ0) is 11.1. The van der Waals surface area contributed by atoms with Gasteiger partial charge in [0.1, 0.15) is 0 Å². The minimum Gasteiger partial charge on any atom is -0.196 e. The van der Waals surface area contributed by atoms with Crippen molar-refractivity contribution in [2.45, 2.75) is 18.3 Å². The third-order valence-electron chi connectivity index (χ3n) is 2.33. The van der Waals surface area contributed by atoms with Crippen molar-refractivity contribution in [1.29, 1.82) is 10.5 Å². The van der Waals surface area contributed by atoms with Gasteiger partial charge in [-0.15, -0.1) is 11.6 Å². The Morgan fingerprint density at radius 1 is 1.13 bits per heavy atom. The van der Waals surface area contributed by atoms with Crippen LogP contribution in [0.4, 0.5) is 0 Å². The molecule has 15 heavy (non-hydrogen) atoms. The van der Waals surface area contributed by atoms with E-state index >= 15 is 0 Å². The highest BCUT2D eigenvalue weighted by Crippen LogP contribution is 2.28. The number of rotatable bonds is 4. The molecule has 0 fully saturated rings. The van der Waals surface area contributed by atoms with E-state index in [4.69, 9.17) is 22.1 Å². The molecule has 0 aliphatic heterocycles. The Kier molecular flexibility index (Phi) is 4.16. The average Bonchev–Trinajstić information content (AvgIpc) is 2.33. The highest BCUT2D eigenvalue weighted by molar-refractivity contribution is 6.17. The summed E-state index contributed by atoms with van der Waals surface area (Å²) in [5, 5.41) is 18.3. The standard InChI is InChI=1S/C12H11ClN2/c13-8-4-7-12(9-14,10-15)11-5-2-1-3-6-11/h1-3,5-6H,4,7-8H2. The molecule has 0 aromatic heterocycles. The first-order valence-corrected chi connectivity index (χ1v) is 5.26. The summed E-state index contributed by atoms with van der Waals surface area (Å²) < 4.78 is 0. The summed E-state index contributed by atoms with van der Waals surface area (Å²) in [5.41, 5.74) is -0.295. The Balaban J connectivity index is 3.03. The van der Waals surface area contributed by atoms with Crippen molar-refractivity contribution in [3.8, 4) is 12.1 Å². The van der Waals surface area contributed by atoms with E-state index in [1.807, 2.05) is 18.2 Å². The number of nitrogens with zero attached hydrogens (tertiary/aromatic N) is 2. The third-order valence-corrected chi connectivity index (χ3v) is 2.60. The topological polar surface area (TPSA) is 47.6 Å². The Bertz CT molecular complexity index is 372. The molecule has 0 aliphatic rings. The minimum absolute atomic E-state index is 0.470. The van der Waals surface area contributed by atoms with E-state index in [0.29, 0.717) is 18.7 Å².